The van der Waals surface area contributed by atoms with Gasteiger partial charge in [-0.25, -0.2) is 0 Å². The molecule has 0 aromatic heterocycles. The summed E-state index contributed by atoms with van der Waals surface area (Å²) >= 11 is 0. The summed E-state index contributed by atoms with van der Waals surface area (Å²) in [4.78, 5) is 2.85. The van der Waals surface area contributed by atoms with Crippen molar-refractivity contribution in [3.63, 3.8) is 0 Å². The Kier molecular flexibility index (Phi) is 2.99. The molecule has 3 rings (SSSR count). The molecule has 0 amide bonds. The summed E-state index contributed by atoms with van der Waals surface area (Å²) in [6.07, 6.45) is 11.4. The summed E-state index contributed by atoms with van der Waals surface area (Å²) in [6.45, 7) is 7.42. The molecule has 1 saturated heterocycles. The third-order valence-corrected chi connectivity index (χ3v) is 5.71. The van der Waals surface area contributed by atoms with Crippen LogP contribution in [0.4, 0.5) is 0 Å². The minimum Gasteiger partial charge on any atom is -0.308 e. The molecule has 1 aliphatic heterocycles. The van der Waals surface area contributed by atoms with Gasteiger partial charge in [0.05, 0.1) is 0 Å². The van der Waals surface area contributed by atoms with Crippen molar-refractivity contribution in [3.8, 4) is 0 Å². The lowest BCUT2D eigenvalue weighted by Crippen LogP contribution is -2.70. The summed E-state index contributed by atoms with van der Waals surface area (Å²) < 4.78 is 0. The van der Waals surface area contributed by atoms with E-state index in [1.165, 1.54) is 64.5 Å². The fraction of sp³-hybridized carbons (Fsp3) is 1.00. The van der Waals surface area contributed by atoms with Gasteiger partial charge in [0.25, 0.3) is 0 Å². The van der Waals surface area contributed by atoms with Crippen LogP contribution in [0.3, 0.4) is 0 Å². The monoisotopic (exact) mass is 236 g/mol. The molecule has 0 aromatic carbocycles. The summed E-state index contributed by atoms with van der Waals surface area (Å²) in [5.74, 6) is 0. The molecule has 1 spiro atoms. The molecule has 1 heterocycles. The quantitative estimate of drug-likeness (QED) is 0.753. The van der Waals surface area contributed by atoms with Gasteiger partial charge in [-0.05, 0) is 46.0 Å². The Morgan fingerprint density at radius 1 is 1.00 bits per heavy atom. The smallest absolute Gasteiger partial charge is 0.0309 e. The van der Waals surface area contributed by atoms with Crippen LogP contribution in [-0.2, 0) is 0 Å². The third kappa shape index (κ3) is 2.04. The average Bonchev–Trinajstić information content (AvgIpc) is 2.31. The van der Waals surface area contributed by atoms with Crippen molar-refractivity contribution in [1.29, 1.82) is 0 Å². The van der Waals surface area contributed by atoms with Crippen LogP contribution in [-0.4, -0.2) is 35.1 Å². The summed E-state index contributed by atoms with van der Waals surface area (Å²) in [7, 11) is 0. The van der Waals surface area contributed by atoms with Gasteiger partial charge in [0.1, 0.15) is 0 Å². The van der Waals surface area contributed by atoms with Gasteiger partial charge in [-0.15, -0.1) is 0 Å². The van der Waals surface area contributed by atoms with Crippen molar-refractivity contribution in [3.05, 3.63) is 0 Å². The normalized spacial score (nSPS) is 36.7. The van der Waals surface area contributed by atoms with Crippen LogP contribution >= 0.6 is 0 Å². The Morgan fingerprint density at radius 3 is 2.29 bits per heavy atom. The SMILES string of the molecule is CC1CNC2(CCCCC2)CN1C1(C)CCC1. The molecule has 17 heavy (non-hydrogen) atoms. The van der Waals surface area contributed by atoms with Crippen molar-refractivity contribution >= 4 is 0 Å². The predicted molar refractivity (Wildman–Crippen MR) is 72.2 cm³/mol. The third-order valence-electron chi connectivity index (χ3n) is 5.71. The zero-order valence-electron chi connectivity index (χ0n) is 11.6. The van der Waals surface area contributed by atoms with Crippen LogP contribution in [0, 0.1) is 0 Å². The van der Waals surface area contributed by atoms with E-state index in [1.54, 1.807) is 0 Å². The van der Waals surface area contributed by atoms with Crippen molar-refractivity contribution in [2.24, 2.45) is 0 Å². The second-order valence-electron chi connectivity index (χ2n) is 7.05. The fourth-order valence-electron chi connectivity index (χ4n) is 4.27. The van der Waals surface area contributed by atoms with Gasteiger partial charge >= 0.3 is 0 Å². The van der Waals surface area contributed by atoms with Gasteiger partial charge in [0, 0.05) is 30.2 Å². The van der Waals surface area contributed by atoms with E-state index in [0.29, 0.717) is 11.1 Å². The molecule has 0 aromatic rings. The Morgan fingerprint density at radius 2 is 1.71 bits per heavy atom. The zero-order valence-corrected chi connectivity index (χ0v) is 11.6. The molecule has 1 unspecified atom stereocenters. The van der Waals surface area contributed by atoms with E-state index >= 15 is 0 Å². The Balaban J connectivity index is 1.74. The van der Waals surface area contributed by atoms with Crippen molar-refractivity contribution < 1.29 is 0 Å². The molecule has 2 heteroatoms. The van der Waals surface area contributed by atoms with Gasteiger partial charge in [-0.2, -0.15) is 0 Å². The summed E-state index contributed by atoms with van der Waals surface area (Å²) in [6, 6.07) is 0.729. The molecule has 2 saturated carbocycles. The summed E-state index contributed by atoms with van der Waals surface area (Å²) in [5, 5.41) is 3.89. The molecular formula is C15H28N2. The number of hydrogen-bond acceptors (Lipinski definition) is 2. The van der Waals surface area contributed by atoms with Gasteiger partial charge in [-0.1, -0.05) is 19.3 Å². The molecule has 1 atom stereocenters. The van der Waals surface area contributed by atoms with Gasteiger partial charge in [0.15, 0.2) is 0 Å². The van der Waals surface area contributed by atoms with Crippen molar-refractivity contribution in [2.45, 2.75) is 82.3 Å². The van der Waals surface area contributed by atoms with Crippen LogP contribution in [0.1, 0.15) is 65.2 Å². The van der Waals surface area contributed by atoms with Crippen LogP contribution in [0.5, 0.6) is 0 Å². The lowest BCUT2D eigenvalue weighted by atomic mass is 9.72. The van der Waals surface area contributed by atoms with E-state index in [-0.39, 0.29) is 0 Å². The second kappa shape index (κ2) is 4.24. The van der Waals surface area contributed by atoms with Crippen LogP contribution in [0.2, 0.25) is 0 Å². The molecule has 0 bridgehead atoms. The van der Waals surface area contributed by atoms with E-state index in [9.17, 15) is 0 Å². The predicted octanol–water partition coefficient (Wildman–Crippen LogP) is 2.93. The van der Waals surface area contributed by atoms with Crippen LogP contribution in [0.15, 0.2) is 0 Å². The summed E-state index contributed by atoms with van der Waals surface area (Å²) in [5.41, 5.74) is 1.01. The molecule has 0 radical (unpaired) electrons. The number of rotatable bonds is 1. The molecule has 2 aliphatic carbocycles. The van der Waals surface area contributed by atoms with Crippen molar-refractivity contribution in [1.82, 2.24) is 10.2 Å². The Labute approximate surface area is 106 Å². The maximum absolute atomic E-state index is 3.89. The topological polar surface area (TPSA) is 15.3 Å². The number of piperazine rings is 1. The van der Waals surface area contributed by atoms with Crippen LogP contribution in [0.25, 0.3) is 0 Å². The van der Waals surface area contributed by atoms with Gasteiger partial charge in [0.2, 0.25) is 0 Å². The maximum atomic E-state index is 3.89. The highest BCUT2D eigenvalue weighted by molar-refractivity contribution is 5.05. The van der Waals surface area contributed by atoms with Crippen LogP contribution < -0.4 is 5.32 Å². The fourth-order valence-corrected chi connectivity index (χ4v) is 4.27. The molecule has 3 fully saturated rings. The number of nitrogens with one attached hydrogen (secondary N) is 1. The lowest BCUT2D eigenvalue weighted by molar-refractivity contribution is -0.0512. The van der Waals surface area contributed by atoms with E-state index in [0.717, 1.165) is 6.04 Å². The highest BCUT2D eigenvalue weighted by atomic mass is 15.3. The second-order valence-corrected chi connectivity index (χ2v) is 7.05. The first-order valence-electron chi connectivity index (χ1n) is 7.65. The Bertz CT molecular complexity index is 277. The zero-order chi connectivity index (χ0) is 11.9. The molecule has 2 nitrogen and oxygen atoms in total. The first-order valence-corrected chi connectivity index (χ1v) is 7.65. The highest BCUT2D eigenvalue weighted by Crippen LogP contribution is 2.42. The minimum absolute atomic E-state index is 0.476. The molecule has 1 N–H and O–H groups in total. The number of hydrogen-bond donors (Lipinski definition) is 1. The highest BCUT2D eigenvalue weighted by Gasteiger charge is 2.47. The number of nitrogens with zero attached hydrogens (tertiary/aromatic N) is 1. The van der Waals surface area contributed by atoms with E-state index < -0.39 is 0 Å². The molecule has 98 valence electrons. The first-order chi connectivity index (χ1) is 8.14. The molecular weight excluding hydrogens is 208 g/mol. The van der Waals surface area contributed by atoms with Gasteiger partial charge in [-0.3, -0.25) is 4.90 Å². The Hall–Kier alpha value is -0.0800. The average molecular weight is 236 g/mol. The van der Waals surface area contributed by atoms with Gasteiger partial charge < -0.3 is 5.32 Å². The van der Waals surface area contributed by atoms with E-state index in [2.05, 4.69) is 24.1 Å². The minimum atomic E-state index is 0.476. The standard InChI is InChI=1S/C15H28N2/c1-13-11-16-15(9-4-3-5-10-15)12-17(13)14(2)7-6-8-14/h13,16H,3-12H2,1-2H3. The lowest BCUT2D eigenvalue weighted by Gasteiger charge is -2.58. The first kappa shape index (κ1) is 12.0. The van der Waals surface area contributed by atoms with E-state index in [1.807, 2.05) is 0 Å². The maximum Gasteiger partial charge on any atom is 0.0309 e. The van der Waals surface area contributed by atoms with E-state index in [4.69, 9.17) is 0 Å². The molecule has 3 aliphatic rings. The van der Waals surface area contributed by atoms with Crippen molar-refractivity contribution in [2.75, 3.05) is 13.1 Å². The largest absolute Gasteiger partial charge is 0.308 e.